The molecule has 1 N–H and O–H groups in total. The standard InChI is InChI=1S/C25H26FNO3/c1-15(2)27-22-10-4-16(3)12-21(22)25(17-5-7-18(26)8-6-17)23(27)11-9-20-13-19(28)14-24(29)30-20/h4-12,15,19-20,28H,13-14H2,1-3H3/b11-9+/t19-,20-/m1/s1. The number of ether oxygens (including phenoxy) is 1. The minimum atomic E-state index is -0.684. The summed E-state index contributed by atoms with van der Waals surface area (Å²) in [5.74, 6) is -0.662. The zero-order valence-electron chi connectivity index (χ0n) is 17.4. The molecule has 0 bridgehead atoms. The topological polar surface area (TPSA) is 51.5 Å². The van der Waals surface area contributed by atoms with E-state index in [0.717, 1.165) is 33.3 Å². The predicted octanol–water partition coefficient (Wildman–Crippen LogP) is 5.42. The Labute approximate surface area is 175 Å². The second-order valence-electron chi connectivity index (χ2n) is 8.23. The number of hydrogen-bond donors (Lipinski definition) is 1. The summed E-state index contributed by atoms with van der Waals surface area (Å²) in [6, 6.07) is 13.0. The smallest absolute Gasteiger partial charge is 0.309 e. The summed E-state index contributed by atoms with van der Waals surface area (Å²) < 4.78 is 21.2. The fraction of sp³-hybridized carbons (Fsp3) is 0.320. The Morgan fingerprint density at radius 2 is 1.93 bits per heavy atom. The van der Waals surface area contributed by atoms with E-state index >= 15 is 0 Å². The number of carbonyl (C=O) groups is 1. The maximum Gasteiger partial charge on any atom is 0.309 e. The number of benzene rings is 2. The van der Waals surface area contributed by atoms with Gasteiger partial charge in [0.05, 0.1) is 12.5 Å². The Morgan fingerprint density at radius 3 is 2.60 bits per heavy atom. The van der Waals surface area contributed by atoms with Crippen molar-refractivity contribution in [3.05, 3.63) is 65.6 Å². The second-order valence-corrected chi connectivity index (χ2v) is 8.23. The van der Waals surface area contributed by atoms with Crippen LogP contribution >= 0.6 is 0 Å². The van der Waals surface area contributed by atoms with Crippen LogP contribution in [-0.2, 0) is 9.53 Å². The first-order chi connectivity index (χ1) is 14.3. The van der Waals surface area contributed by atoms with Crippen LogP contribution in [0.2, 0.25) is 0 Å². The van der Waals surface area contributed by atoms with Gasteiger partial charge >= 0.3 is 5.97 Å². The van der Waals surface area contributed by atoms with Crippen LogP contribution in [0.15, 0.2) is 48.5 Å². The van der Waals surface area contributed by atoms with E-state index in [2.05, 4.69) is 43.5 Å². The average Bonchev–Trinajstić information content (AvgIpc) is 3.00. The SMILES string of the molecule is Cc1ccc2c(c1)c(-c1ccc(F)cc1)c(/C=C/[C@@H]1C[C@@H](O)CC(=O)O1)n2C(C)C. The Bertz CT molecular complexity index is 1110. The fourth-order valence-corrected chi connectivity index (χ4v) is 4.21. The average molecular weight is 407 g/mol. The molecule has 30 heavy (non-hydrogen) atoms. The van der Waals surface area contributed by atoms with Crippen molar-refractivity contribution >= 4 is 22.9 Å². The lowest BCUT2D eigenvalue weighted by atomic mass is 9.99. The number of aliphatic hydroxyl groups is 1. The Balaban J connectivity index is 1.91. The molecule has 0 spiro atoms. The van der Waals surface area contributed by atoms with Crippen molar-refractivity contribution in [1.82, 2.24) is 4.57 Å². The van der Waals surface area contributed by atoms with Crippen LogP contribution < -0.4 is 0 Å². The van der Waals surface area contributed by atoms with E-state index < -0.39 is 12.2 Å². The lowest BCUT2D eigenvalue weighted by molar-refractivity contribution is -0.156. The first-order valence-electron chi connectivity index (χ1n) is 10.3. The molecule has 1 fully saturated rings. The number of nitrogens with zero attached hydrogens (tertiary/aromatic N) is 1. The summed E-state index contributed by atoms with van der Waals surface area (Å²) in [4.78, 5) is 11.7. The molecular formula is C25H26FNO3. The molecule has 0 radical (unpaired) electrons. The number of fused-ring (bicyclic) bond motifs is 1. The number of esters is 1. The number of rotatable bonds is 4. The maximum atomic E-state index is 13.6. The molecule has 1 aliphatic heterocycles. The van der Waals surface area contributed by atoms with Crippen molar-refractivity contribution in [3.8, 4) is 11.1 Å². The van der Waals surface area contributed by atoms with Crippen LogP contribution in [-0.4, -0.2) is 27.9 Å². The van der Waals surface area contributed by atoms with Gasteiger partial charge in [-0.2, -0.15) is 0 Å². The molecule has 0 unspecified atom stereocenters. The maximum absolute atomic E-state index is 13.6. The zero-order chi connectivity index (χ0) is 21.4. The van der Waals surface area contributed by atoms with E-state index in [1.807, 2.05) is 12.2 Å². The van der Waals surface area contributed by atoms with E-state index in [1.165, 1.54) is 12.1 Å². The van der Waals surface area contributed by atoms with Crippen molar-refractivity contribution in [1.29, 1.82) is 0 Å². The molecular weight excluding hydrogens is 381 g/mol. The molecule has 2 atom stereocenters. The van der Waals surface area contributed by atoms with Crippen LogP contribution in [0.3, 0.4) is 0 Å². The summed E-state index contributed by atoms with van der Waals surface area (Å²) >= 11 is 0. The number of aliphatic hydroxyl groups excluding tert-OH is 1. The van der Waals surface area contributed by atoms with Crippen LogP contribution in [0, 0.1) is 12.7 Å². The van der Waals surface area contributed by atoms with Gasteiger partial charge in [-0.05, 0) is 62.8 Å². The van der Waals surface area contributed by atoms with Crippen molar-refractivity contribution in [2.75, 3.05) is 0 Å². The summed E-state index contributed by atoms with van der Waals surface area (Å²) in [5.41, 5.74) is 5.14. The number of aromatic nitrogens is 1. The van der Waals surface area contributed by atoms with Crippen molar-refractivity contribution in [3.63, 3.8) is 0 Å². The van der Waals surface area contributed by atoms with Gasteiger partial charge in [-0.3, -0.25) is 4.79 Å². The first-order valence-corrected chi connectivity index (χ1v) is 10.3. The predicted molar refractivity (Wildman–Crippen MR) is 117 cm³/mol. The number of cyclic esters (lactones) is 1. The van der Waals surface area contributed by atoms with E-state index in [4.69, 9.17) is 4.74 Å². The van der Waals surface area contributed by atoms with Gasteiger partial charge in [0.25, 0.3) is 0 Å². The highest BCUT2D eigenvalue weighted by atomic mass is 19.1. The molecule has 1 aromatic heterocycles. The monoisotopic (exact) mass is 407 g/mol. The van der Waals surface area contributed by atoms with E-state index in [1.54, 1.807) is 12.1 Å². The lowest BCUT2D eigenvalue weighted by Gasteiger charge is -2.23. The molecule has 3 aromatic rings. The number of carbonyl (C=O) groups excluding carboxylic acids is 1. The van der Waals surface area contributed by atoms with Gasteiger partial charge in [0.2, 0.25) is 0 Å². The fourth-order valence-electron chi connectivity index (χ4n) is 4.21. The molecule has 0 amide bonds. The Morgan fingerprint density at radius 1 is 1.20 bits per heavy atom. The highest BCUT2D eigenvalue weighted by molar-refractivity contribution is 6.01. The number of hydrogen-bond acceptors (Lipinski definition) is 3. The van der Waals surface area contributed by atoms with Crippen LogP contribution in [0.1, 0.15) is 44.0 Å². The van der Waals surface area contributed by atoms with Gasteiger partial charge in [0, 0.05) is 34.6 Å². The normalized spacial score (nSPS) is 19.7. The molecule has 4 rings (SSSR count). The number of aryl methyl sites for hydroxylation is 1. The highest BCUT2D eigenvalue weighted by Gasteiger charge is 2.26. The van der Waals surface area contributed by atoms with E-state index in [-0.39, 0.29) is 24.2 Å². The third-order valence-corrected chi connectivity index (χ3v) is 5.50. The van der Waals surface area contributed by atoms with Gasteiger partial charge in [0.1, 0.15) is 11.9 Å². The lowest BCUT2D eigenvalue weighted by Crippen LogP contribution is -2.31. The molecule has 2 aromatic carbocycles. The summed E-state index contributed by atoms with van der Waals surface area (Å²) in [5, 5.41) is 11.0. The van der Waals surface area contributed by atoms with Crippen LogP contribution in [0.5, 0.6) is 0 Å². The summed E-state index contributed by atoms with van der Waals surface area (Å²) in [7, 11) is 0. The Kier molecular flexibility index (Phi) is 5.48. The Hall–Kier alpha value is -2.92. The molecule has 0 aliphatic carbocycles. The minimum absolute atomic E-state index is 0.0384. The van der Waals surface area contributed by atoms with Crippen LogP contribution in [0.4, 0.5) is 4.39 Å². The molecule has 1 aliphatic rings. The quantitative estimate of drug-likeness (QED) is 0.588. The summed E-state index contributed by atoms with van der Waals surface area (Å²) in [6.07, 6.45) is 3.07. The molecule has 2 heterocycles. The van der Waals surface area contributed by atoms with E-state index in [9.17, 15) is 14.3 Å². The number of halogens is 1. The molecule has 5 heteroatoms. The largest absolute Gasteiger partial charge is 0.458 e. The third kappa shape index (κ3) is 3.90. The molecule has 1 saturated heterocycles. The van der Waals surface area contributed by atoms with Gasteiger partial charge in [-0.1, -0.05) is 23.8 Å². The van der Waals surface area contributed by atoms with Crippen LogP contribution in [0.25, 0.3) is 28.1 Å². The van der Waals surface area contributed by atoms with Gasteiger partial charge < -0.3 is 14.4 Å². The molecule has 156 valence electrons. The van der Waals surface area contributed by atoms with Gasteiger partial charge in [-0.15, -0.1) is 0 Å². The first kappa shape index (κ1) is 20.4. The van der Waals surface area contributed by atoms with E-state index in [0.29, 0.717) is 6.42 Å². The molecule has 0 saturated carbocycles. The third-order valence-electron chi connectivity index (χ3n) is 5.50. The van der Waals surface area contributed by atoms with Crippen molar-refractivity contribution in [2.24, 2.45) is 0 Å². The second kappa shape index (κ2) is 8.07. The molecule has 4 nitrogen and oxygen atoms in total. The highest BCUT2D eigenvalue weighted by Crippen LogP contribution is 2.38. The van der Waals surface area contributed by atoms with Crippen molar-refractivity contribution in [2.45, 2.75) is 51.9 Å². The zero-order valence-corrected chi connectivity index (χ0v) is 17.4. The summed E-state index contributed by atoms with van der Waals surface area (Å²) in [6.45, 7) is 6.30. The van der Waals surface area contributed by atoms with Crippen molar-refractivity contribution < 1.29 is 19.0 Å². The minimum Gasteiger partial charge on any atom is -0.458 e. The van der Waals surface area contributed by atoms with Gasteiger partial charge in [-0.25, -0.2) is 4.39 Å². The van der Waals surface area contributed by atoms with Gasteiger partial charge in [0.15, 0.2) is 0 Å².